The molecule has 0 radical (unpaired) electrons. The average molecular weight is 207 g/mol. The largest absolute Gasteiger partial charge is 0.481 e. The van der Waals surface area contributed by atoms with Crippen LogP contribution in [0.3, 0.4) is 0 Å². The zero-order valence-electron chi connectivity index (χ0n) is 8.73. The fourth-order valence-electron chi connectivity index (χ4n) is 1.45. The Morgan fingerprint density at radius 3 is 2.53 bits per heavy atom. The van der Waals surface area contributed by atoms with Crippen LogP contribution in [0.2, 0.25) is 0 Å². The van der Waals surface area contributed by atoms with E-state index in [4.69, 9.17) is 10.8 Å². The first-order valence-corrected chi connectivity index (χ1v) is 5.20. The normalized spacial score (nSPS) is 12.3. The lowest BCUT2D eigenvalue weighted by Gasteiger charge is -2.09. The molecule has 3 N–H and O–H groups in total. The molecule has 3 heteroatoms. The smallest absolute Gasteiger partial charge is 0.303 e. The third-order valence-corrected chi connectivity index (χ3v) is 2.38. The maximum absolute atomic E-state index is 10.3. The lowest BCUT2D eigenvalue weighted by atomic mass is 10.0. The summed E-state index contributed by atoms with van der Waals surface area (Å²) in [6.07, 6.45) is 2.48. The lowest BCUT2D eigenvalue weighted by molar-refractivity contribution is -0.137. The van der Waals surface area contributed by atoms with Crippen LogP contribution in [0.15, 0.2) is 30.3 Å². The Kier molecular flexibility index (Phi) is 4.84. The molecule has 0 bridgehead atoms. The maximum Gasteiger partial charge on any atom is 0.303 e. The fourth-order valence-corrected chi connectivity index (χ4v) is 1.45. The number of aryl methyl sites for hydroxylation is 1. The van der Waals surface area contributed by atoms with Gasteiger partial charge in [-0.2, -0.15) is 0 Å². The van der Waals surface area contributed by atoms with Crippen molar-refractivity contribution in [3.05, 3.63) is 35.9 Å². The zero-order valence-corrected chi connectivity index (χ0v) is 8.73. The van der Waals surface area contributed by atoms with Gasteiger partial charge in [-0.3, -0.25) is 4.79 Å². The van der Waals surface area contributed by atoms with E-state index in [-0.39, 0.29) is 12.5 Å². The van der Waals surface area contributed by atoms with Crippen molar-refractivity contribution in [3.63, 3.8) is 0 Å². The SMILES string of the molecule is N[C@H](CCC(=O)O)CCc1ccccc1. The molecule has 0 aliphatic heterocycles. The highest BCUT2D eigenvalue weighted by molar-refractivity contribution is 5.66. The molecule has 0 spiro atoms. The topological polar surface area (TPSA) is 63.3 Å². The number of nitrogens with two attached hydrogens (primary N) is 1. The molecular formula is C12H17NO2. The number of carbonyl (C=O) groups is 1. The molecule has 0 aliphatic carbocycles. The van der Waals surface area contributed by atoms with Gasteiger partial charge in [-0.15, -0.1) is 0 Å². The molecule has 0 aromatic heterocycles. The van der Waals surface area contributed by atoms with Crippen LogP contribution < -0.4 is 5.73 Å². The van der Waals surface area contributed by atoms with Gasteiger partial charge in [0.25, 0.3) is 0 Å². The molecule has 0 unspecified atom stereocenters. The first kappa shape index (κ1) is 11.7. The average Bonchev–Trinajstić information content (AvgIpc) is 2.25. The quantitative estimate of drug-likeness (QED) is 0.747. The zero-order chi connectivity index (χ0) is 11.1. The van der Waals surface area contributed by atoms with Crippen LogP contribution in [-0.2, 0) is 11.2 Å². The molecular weight excluding hydrogens is 190 g/mol. The van der Waals surface area contributed by atoms with Crippen molar-refractivity contribution in [1.82, 2.24) is 0 Å². The van der Waals surface area contributed by atoms with Crippen molar-refractivity contribution in [2.24, 2.45) is 5.73 Å². The molecule has 82 valence electrons. The van der Waals surface area contributed by atoms with Gasteiger partial charge in [0, 0.05) is 12.5 Å². The predicted octanol–water partition coefficient (Wildman–Crippen LogP) is 1.81. The van der Waals surface area contributed by atoms with Gasteiger partial charge in [0.15, 0.2) is 0 Å². The van der Waals surface area contributed by atoms with Gasteiger partial charge in [0.05, 0.1) is 0 Å². The van der Waals surface area contributed by atoms with Crippen molar-refractivity contribution in [2.75, 3.05) is 0 Å². The molecule has 0 fully saturated rings. The first-order valence-electron chi connectivity index (χ1n) is 5.20. The number of hydrogen-bond donors (Lipinski definition) is 2. The van der Waals surface area contributed by atoms with Crippen LogP contribution in [0.1, 0.15) is 24.8 Å². The molecule has 0 amide bonds. The van der Waals surface area contributed by atoms with E-state index >= 15 is 0 Å². The highest BCUT2D eigenvalue weighted by atomic mass is 16.4. The van der Waals surface area contributed by atoms with E-state index < -0.39 is 5.97 Å². The maximum atomic E-state index is 10.3. The lowest BCUT2D eigenvalue weighted by Crippen LogP contribution is -2.21. The van der Waals surface area contributed by atoms with Crippen LogP contribution in [0, 0.1) is 0 Å². The minimum atomic E-state index is -0.773. The molecule has 1 aromatic rings. The van der Waals surface area contributed by atoms with Crippen LogP contribution in [0.5, 0.6) is 0 Å². The number of carboxylic acids is 1. The van der Waals surface area contributed by atoms with Crippen molar-refractivity contribution < 1.29 is 9.90 Å². The molecule has 15 heavy (non-hydrogen) atoms. The molecule has 3 nitrogen and oxygen atoms in total. The third-order valence-electron chi connectivity index (χ3n) is 2.38. The predicted molar refractivity (Wildman–Crippen MR) is 59.6 cm³/mol. The van der Waals surface area contributed by atoms with Gasteiger partial charge < -0.3 is 10.8 Å². The van der Waals surface area contributed by atoms with E-state index in [0.29, 0.717) is 6.42 Å². The minimum absolute atomic E-state index is 0.0127. The van der Waals surface area contributed by atoms with E-state index in [1.807, 2.05) is 18.2 Å². The highest BCUT2D eigenvalue weighted by Gasteiger charge is 2.05. The summed E-state index contributed by atoms with van der Waals surface area (Å²) in [7, 11) is 0. The van der Waals surface area contributed by atoms with Crippen LogP contribution in [-0.4, -0.2) is 17.1 Å². The number of rotatable bonds is 6. The van der Waals surface area contributed by atoms with Crippen LogP contribution in [0.25, 0.3) is 0 Å². The van der Waals surface area contributed by atoms with Crippen molar-refractivity contribution in [2.45, 2.75) is 31.7 Å². The highest BCUT2D eigenvalue weighted by Crippen LogP contribution is 2.06. The second-order valence-corrected chi connectivity index (χ2v) is 3.72. The van der Waals surface area contributed by atoms with E-state index in [9.17, 15) is 4.79 Å². The summed E-state index contributed by atoms with van der Waals surface area (Å²) < 4.78 is 0. The standard InChI is InChI=1S/C12H17NO2/c13-11(8-9-12(14)15)7-6-10-4-2-1-3-5-10/h1-5,11H,6-9,13H2,(H,14,15)/t11-/m0/s1. The molecule has 0 heterocycles. The Labute approximate surface area is 89.9 Å². The summed E-state index contributed by atoms with van der Waals surface area (Å²) in [6.45, 7) is 0. The fraction of sp³-hybridized carbons (Fsp3) is 0.417. The van der Waals surface area contributed by atoms with Crippen molar-refractivity contribution >= 4 is 5.97 Å². The minimum Gasteiger partial charge on any atom is -0.481 e. The summed E-state index contributed by atoms with van der Waals surface area (Å²) in [4.78, 5) is 10.3. The Balaban J connectivity index is 2.22. The summed E-state index contributed by atoms with van der Waals surface area (Å²) in [5.74, 6) is -0.773. The van der Waals surface area contributed by atoms with E-state index in [2.05, 4.69) is 12.1 Å². The van der Waals surface area contributed by atoms with Crippen LogP contribution >= 0.6 is 0 Å². The van der Waals surface area contributed by atoms with E-state index in [1.165, 1.54) is 5.56 Å². The summed E-state index contributed by atoms with van der Waals surface area (Å²) in [5.41, 5.74) is 7.06. The second-order valence-electron chi connectivity index (χ2n) is 3.72. The Morgan fingerprint density at radius 2 is 1.93 bits per heavy atom. The second kappa shape index (κ2) is 6.19. The van der Waals surface area contributed by atoms with E-state index in [1.54, 1.807) is 0 Å². The molecule has 0 saturated heterocycles. The third kappa shape index (κ3) is 5.18. The molecule has 1 atom stereocenters. The van der Waals surface area contributed by atoms with Crippen molar-refractivity contribution in [1.29, 1.82) is 0 Å². The van der Waals surface area contributed by atoms with Gasteiger partial charge in [0.2, 0.25) is 0 Å². The van der Waals surface area contributed by atoms with Gasteiger partial charge >= 0.3 is 5.97 Å². The van der Waals surface area contributed by atoms with E-state index in [0.717, 1.165) is 12.8 Å². The van der Waals surface area contributed by atoms with Gasteiger partial charge in [0.1, 0.15) is 0 Å². The van der Waals surface area contributed by atoms with Gasteiger partial charge in [-0.1, -0.05) is 30.3 Å². The van der Waals surface area contributed by atoms with Gasteiger partial charge in [-0.25, -0.2) is 0 Å². The molecule has 1 rings (SSSR count). The molecule has 0 saturated carbocycles. The summed E-state index contributed by atoms with van der Waals surface area (Å²) >= 11 is 0. The monoisotopic (exact) mass is 207 g/mol. The Hall–Kier alpha value is -1.35. The Bertz CT molecular complexity index is 298. The molecule has 0 aliphatic rings. The number of aliphatic carboxylic acids is 1. The van der Waals surface area contributed by atoms with Crippen LogP contribution in [0.4, 0.5) is 0 Å². The van der Waals surface area contributed by atoms with Gasteiger partial charge in [-0.05, 0) is 24.8 Å². The summed E-state index contributed by atoms with van der Waals surface area (Å²) in [6, 6.07) is 10.1. The number of hydrogen-bond acceptors (Lipinski definition) is 2. The first-order chi connectivity index (χ1) is 7.18. The number of carboxylic acid groups (broad SMARTS) is 1. The van der Waals surface area contributed by atoms with Crippen molar-refractivity contribution in [3.8, 4) is 0 Å². The molecule has 1 aromatic carbocycles. The summed E-state index contributed by atoms with van der Waals surface area (Å²) in [5, 5.41) is 8.49. The Morgan fingerprint density at radius 1 is 1.27 bits per heavy atom. The number of benzene rings is 1.